The average molecular weight is 340 g/mol. The number of rotatable bonds is 1. The summed E-state index contributed by atoms with van der Waals surface area (Å²) in [5, 5.41) is 10.2. The predicted octanol–water partition coefficient (Wildman–Crippen LogP) is 3.22. The van der Waals surface area contributed by atoms with Gasteiger partial charge in [0.1, 0.15) is 11.6 Å². The van der Waals surface area contributed by atoms with E-state index in [1.807, 2.05) is 18.2 Å². The summed E-state index contributed by atoms with van der Waals surface area (Å²) in [7, 11) is 0. The average Bonchev–Trinajstić information content (AvgIpc) is 2.54. The molecule has 2 aromatic rings. The summed E-state index contributed by atoms with van der Waals surface area (Å²) in [6.45, 7) is 8.99. The van der Waals surface area contributed by atoms with Gasteiger partial charge in [-0.25, -0.2) is 4.98 Å². The maximum atomic E-state index is 12.7. The van der Waals surface area contributed by atoms with Crippen LogP contribution in [-0.4, -0.2) is 20.3 Å². The highest BCUT2D eigenvalue weighted by atomic mass is 32.2. The van der Waals surface area contributed by atoms with Gasteiger partial charge >= 0.3 is 0 Å². The van der Waals surface area contributed by atoms with Crippen molar-refractivity contribution in [1.29, 1.82) is 5.26 Å². The molecule has 1 aliphatic rings. The second-order valence-corrected chi connectivity index (χ2v) is 8.23. The standard InChI is InChI=1S/C18H20N4OS/c1-11-9-22-16(23)13(7-19)15(21-17(22)24-10-11)12-5-6-14(20-8-12)18(2,3)4/h5-6,8,11H,9-10H2,1-4H3/t11-/m0/s1. The molecular weight excluding hydrogens is 320 g/mol. The Bertz CT molecular complexity index is 872. The number of thioether (sulfide) groups is 1. The van der Waals surface area contributed by atoms with Crippen LogP contribution in [0.4, 0.5) is 0 Å². The Kier molecular flexibility index (Phi) is 4.22. The molecule has 0 radical (unpaired) electrons. The van der Waals surface area contributed by atoms with Crippen molar-refractivity contribution in [3.8, 4) is 17.3 Å². The SMILES string of the molecule is C[C@@H]1CSc2nc(-c3ccc(C(C)(C)C)nc3)c(C#N)c(=O)n2C1. The molecule has 0 bridgehead atoms. The first kappa shape index (κ1) is 16.7. The number of pyridine rings is 1. The van der Waals surface area contributed by atoms with Gasteiger partial charge in [0.25, 0.3) is 5.56 Å². The lowest BCUT2D eigenvalue weighted by atomic mass is 9.91. The summed E-state index contributed by atoms with van der Waals surface area (Å²) in [6, 6.07) is 5.87. The van der Waals surface area contributed by atoms with Crippen LogP contribution in [0.15, 0.2) is 28.3 Å². The van der Waals surface area contributed by atoms with Crippen LogP contribution in [0.2, 0.25) is 0 Å². The Morgan fingerprint density at radius 2 is 2.12 bits per heavy atom. The molecule has 3 rings (SSSR count). The van der Waals surface area contributed by atoms with Crippen LogP contribution < -0.4 is 5.56 Å². The van der Waals surface area contributed by atoms with Gasteiger partial charge in [-0.2, -0.15) is 5.26 Å². The van der Waals surface area contributed by atoms with E-state index in [-0.39, 0.29) is 16.5 Å². The van der Waals surface area contributed by atoms with Crippen molar-refractivity contribution in [2.24, 2.45) is 5.92 Å². The Hall–Kier alpha value is -2.13. The molecule has 124 valence electrons. The minimum atomic E-state index is -0.253. The Morgan fingerprint density at radius 3 is 2.71 bits per heavy atom. The van der Waals surface area contributed by atoms with Crippen molar-refractivity contribution >= 4 is 11.8 Å². The molecule has 0 unspecified atom stereocenters. The van der Waals surface area contributed by atoms with E-state index in [0.29, 0.717) is 28.9 Å². The minimum absolute atomic E-state index is 0.0502. The van der Waals surface area contributed by atoms with Gasteiger partial charge in [-0.1, -0.05) is 39.5 Å². The normalized spacial score (nSPS) is 17.2. The molecular formula is C18H20N4OS. The summed E-state index contributed by atoms with van der Waals surface area (Å²) < 4.78 is 1.62. The van der Waals surface area contributed by atoms with E-state index in [4.69, 9.17) is 0 Å². The van der Waals surface area contributed by atoms with Gasteiger partial charge in [0.05, 0.1) is 5.69 Å². The van der Waals surface area contributed by atoms with Gasteiger partial charge in [0, 0.05) is 35.2 Å². The summed E-state index contributed by atoms with van der Waals surface area (Å²) in [6.07, 6.45) is 1.70. The van der Waals surface area contributed by atoms with E-state index in [0.717, 1.165) is 11.4 Å². The maximum Gasteiger partial charge on any atom is 0.272 e. The zero-order valence-corrected chi connectivity index (χ0v) is 15.1. The van der Waals surface area contributed by atoms with E-state index in [9.17, 15) is 10.1 Å². The molecule has 5 nitrogen and oxygen atoms in total. The summed E-state index contributed by atoms with van der Waals surface area (Å²) >= 11 is 1.57. The molecule has 0 aliphatic carbocycles. The van der Waals surface area contributed by atoms with Crippen LogP contribution >= 0.6 is 11.8 Å². The van der Waals surface area contributed by atoms with Crippen molar-refractivity contribution in [3.05, 3.63) is 39.9 Å². The third-order valence-electron chi connectivity index (χ3n) is 4.04. The molecule has 2 aromatic heterocycles. The fraction of sp³-hybridized carbons (Fsp3) is 0.444. The molecule has 0 spiro atoms. The van der Waals surface area contributed by atoms with Crippen LogP contribution in [0.3, 0.4) is 0 Å². The van der Waals surface area contributed by atoms with Crippen LogP contribution in [0.25, 0.3) is 11.3 Å². The largest absolute Gasteiger partial charge is 0.286 e. The lowest BCUT2D eigenvalue weighted by molar-refractivity contribution is 0.460. The molecule has 6 heteroatoms. The monoisotopic (exact) mass is 340 g/mol. The van der Waals surface area contributed by atoms with E-state index < -0.39 is 0 Å². The number of hydrogen-bond donors (Lipinski definition) is 0. The van der Waals surface area contributed by atoms with E-state index in [1.165, 1.54) is 0 Å². The molecule has 3 heterocycles. The van der Waals surface area contributed by atoms with Crippen LogP contribution in [-0.2, 0) is 12.0 Å². The van der Waals surface area contributed by atoms with Gasteiger partial charge in [0.2, 0.25) is 0 Å². The number of fused-ring (bicyclic) bond motifs is 1. The Labute approximate surface area is 145 Å². The summed E-state index contributed by atoms with van der Waals surface area (Å²) in [5.74, 6) is 1.33. The molecule has 0 amide bonds. The fourth-order valence-electron chi connectivity index (χ4n) is 2.67. The molecule has 1 atom stereocenters. The lowest BCUT2D eigenvalue weighted by Crippen LogP contribution is -2.32. The molecule has 0 N–H and O–H groups in total. The van der Waals surface area contributed by atoms with Crippen molar-refractivity contribution in [2.75, 3.05) is 5.75 Å². The molecule has 0 saturated heterocycles. The van der Waals surface area contributed by atoms with E-state index in [1.54, 1.807) is 22.5 Å². The highest BCUT2D eigenvalue weighted by Gasteiger charge is 2.23. The summed E-state index contributed by atoms with van der Waals surface area (Å²) in [5.41, 5.74) is 1.90. The Morgan fingerprint density at radius 1 is 1.38 bits per heavy atom. The number of aromatic nitrogens is 3. The number of nitrogens with zero attached hydrogens (tertiary/aromatic N) is 4. The third kappa shape index (κ3) is 2.96. The third-order valence-corrected chi connectivity index (χ3v) is 5.35. The van der Waals surface area contributed by atoms with Gasteiger partial charge in [-0.15, -0.1) is 0 Å². The second kappa shape index (κ2) is 6.06. The quantitative estimate of drug-likeness (QED) is 0.745. The first-order valence-corrected chi connectivity index (χ1v) is 8.94. The molecule has 0 saturated carbocycles. The van der Waals surface area contributed by atoms with Crippen molar-refractivity contribution in [1.82, 2.24) is 14.5 Å². The molecule has 24 heavy (non-hydrogen) atoms. The Balaban J connectivity index is 2.14. The zero-order valence-electron chi connectivity index (χ0n) is 14.3. The molecule has 1 aliphatic heterocycles. The van der Waals surface area contributed by atoms with Gasteiger partial charge in [-0.05, 0) is 18.1 Å². The highest BCUT2D eigenvalue weighted by Crippen LogP contribution is 2.29. The second-order valence-electron chi connectivity index (χ2n) is 7.24. The highest BCUT2D eigenvalue weighted by molar-refractivity contribution is 7.99. The van der Waals surface area contributed by atoms with Crippen LogP contribution in [0, 0.1) is 17.2 Å². The van der Waals surface area contributed by atoms with E-state index in [2.05, 4.69) is 37.7 Å². The van der Waals surface area contributed by atoms with E-state index >= 15 is 0 Å². The molecule has 0 fully saturated rings. The number of hydrogen-bond acceptors (Lipinski definition) is 5. The van der Waals surface area contributed by atoms with Crippen LogP contribution in [0.1, 0.15) is 39.0 Å². The predicted molar refractivity (Wildman–Crippen MR) is 95.0 cm³/mol. The first-order chi connectivity index (χ1) is 11.3. The van der Waals surface area contributed by atoms with Crippen molar-refractivity contribution in [2.45, 2.75) is 44.8 Å². The van der Waals surface area contributed by atoms with Gasteiger partial charge in [0.15, 0.2) is 5.16 Å². The first-order valence-electron chi connectivity index (χ1n) is 7.96. The zero-order chi connectivity index (χ0) is 17.5. The fourth-order valence-corrected chi connectivity index (χ4v) is 3.68. The van der Waals surface area contributed by atoms with Crippen molar-refractivity contribution < 1.29 is 0 Å². The molecule has 0 aromatic carbocycles. The number of nitriles is 1. The lowest BCUT2D eigenvalue weighted by Gasteiger charge is -2.23. The smallest absolute Gasteiger partial charge is 0.272 e. The van der Waals surface area contributed by atoms with Crippen LogP contribution in [0.5, 0.6) is 0 Å². The summed E-state index contributed by atoms with van der Waals surface area (Å²) in [4.78, 5) is 21.8. The maximum absolute atomic E-state index is 12.7. The minimum Gasteiger partial charge on any atom is -0.286 e. The van der Waals surface area contributed by atoms with Gasteiger partial charge < -0.3 is 0 Å². The van der Waals surface area contributed by atoms with Crippen molar-refractivity contribution in [3.63, 3.8) is 0 Å². The topological polar surface area (TPSA) is 71.6 Å². The van der Waals surface area contributed by atoms with Gasteiger partial charge in [-0.3, -0.25) is 14.3 Å².